The highest BCUT2D eigenvalue weighted by atomic mass is 16.6. The lowest BCUT2D eigenvalue weighted by molar-refractivity contribution is -0.0124. The molecule has 1 fully saturated rings. The van der Waals surface area contributed by atoms with Crippen molar-refractivity contribution in [2.24, 2.45) is 5.92 Å². The largest absolute Gasteiger partial charge is 0.445 e. The number of hydrogen-bond acceptors (Lipinski definition) is 5. The van der Waals surface area contributed by atoms with Crippen LogP contribution >= 0.6 is 0 Å². The molecule has 1 aromatic carbocycles. The molecule has 2 N–H and O–H groups in total. The second-order valence-corrected chi connectivity index (χ2v) is 7.49. The van der Waals surface area contributed by atoms with E-state index in [0.29, 0.717) is 19.5 Å². The lowest BCUT2D eigenvalue weighted by Crippen LogP contribution is -2.50. The molecule has 1 aromatic rings. The van der Waals surface area contributed by atoms with Crippen LogP contribution in [-0.4, -0.2) is 53.5 Å². The number of benzene rings is 1. The summed E-state index contributed by atoms with van der Waals surface area (Å²) in [4.78, 5) is 25.4. The van der Waals surface area contributed by atoms with E-state index >= 15 is 0 Å². The van der Waals surface area contributed by atoms with Gasteiger partial charge in [-0.2, -0.15) is 0 Å². The molecule has 1 aliphatic rings. The number of amides is 2. The molecule has 0 saturated carbocycles. The van der Waals surface area contributed by atoms with Crippen molar-refractivity contribution in [2.45, 2.75) is 45.5 Å². The van der Waals surface area contributed by atoms with Gasteiger partial charge >= 0.3 is 12.2 Å². The molecule has 1 aliphatic heterocycles. The van der Waals surface area contributed by atoms with Crippen molar-refractivity contribution in [2.75, 3.05) is 19.6 Å². The third-order valence-corrected chi connectivity index (χ3v) is 4.09. The summed E-state index contributed by atoms with van der Waals surface area (Å²) in [6, 6.07) is 9.41. The molecule has 2 atom stereocenters. The summed E-state index contributed by atoms with van der Waals surface area (Å²) in [6.45, 7) is 6.60. The average molecular weight is 364 g/mol. The third-order valence-electron chi connectivity index (χ3n) is 4.09. The SMILES string of the molecule is CC(C)(C)OC(=O)N1CCC(CNC(=O)OCc2ccccc2)C(O)C1. The van der Waals surface area contributed by atoms with Gasteiger partial charge in [-0.3, -0.25) is 0 Å². The van der Waals surface area contributed by atoms with Crippen molar-refractivity contribution >= 4 is 12.2 Å². The van der Waals surface area contributed by atoms with E-state index in [-0.39, 0.29) is 19.1 Å². The van der Waals surface area contributed by atoms with Crippen LogP contribution < -0.4 is 5.32 Å². The molecule has 2 amide bonds. The van der Waals surface area contributed by atoms with Crippen LogP contribution in [0.4, 0.5) is 9.59 Å². The van der Waals surface area contributed by atoms with Crippen LogP contribution in [0.15, 0.2) is 30.3 Å². The molecule has 0 radical (unpaired) electrons. The molecule has 26 heavy (non-hydrogen) atoms. The normalized spacial score (nSPS) is 20.4. The predicted octanol–water partition coefficient (Wildman–Crippen LogP) is 2.53. The first-order valence-electron chi connectivity index (χ1n) is 8.85. The first-order chi connectivity index (χ1) is 12.2. The summed E-state index contributed by atoms with van der Waals surface area (Å²) in [5, 5.41) is 12.9. The van der Waals surface area contributed by atoms with Gasteiger partial charge in [-0.1, -0.05) is 30.3 Å². The van der Waals surface area contributed by atoms with Crippen molar-refractivity contribution in [3.05, 3.63) is 35.9 Å². The van der Waals surface area contributed by atoms with Crippen LogP contribution in [0.2, 0.25) is 0 Å². The molecule has 0 bridgehead atoms. The number of carbonyl (C=O) groups excluding carboxylic acids is 2. The van der Waals surface area contributed by atoms with Crippen LogP contribution in [0.5, 0.6) is 0 Å². The number of nitrogens with one attached hydrogen (secondary N) is 1. The van der Waals surface area contributed by atoms with Crippen LogP contribution in [0, 0.1) is 5.92 Å². The summed E-state index contributed by atoms with van der Waals surface area (Å²) in [6.07, 6.45) is -1.08. The minimum Gasteiger partial charge on any atom is -0.445 e. The minimum atomic E-state index is -0.717. The number of β-amino-alcohol motifs (C(OH)–C–C–N with tert-alkyl or cyclic N) is 1. The van der Waals surface area contributed by atoms with Crippen molar-refractivity contribution in [3.63, 3.8) is 0 Å². The Morgan fingerprint density at radius 1 is 1.27 bits per heavy atom. The average Bonchev–Trinajstić information content (AvgIpc) is 2.58. The third kappa shape index (κ3) is 6.55. The Morgan fingerprint density at radius 3 is 2.58 bits per heavy atom. The first-order valence-corrected chi connectivity index (χ1v) is 8.85. The van der Waals surface area contributed by atoms with Gasteiger partial charge in [0.1, 0.15) is 12.2 Å². The van der Waals surface area contributed by atoms with Crippen LogP contribution in [0.1, 0.15) is 32.8 Å². The Bertz CT molecular complexity index is 600. The van der Waals surface area contributed by atoms with E-state index in [1.54, 1.807) is 20.8 Å². The van der Waals surface area contributed by atoms with E-state index in [1.165, 1.54) is 4.90 Å². The van der Waals surface area contributed by atoms with Gasteiger partial charge < -0.3 is 24.8 Å². The lowest BCUT2D eigenvalue weighted by atomic mass is 9.94. The van der Waals surface area contributed by atoms with Crippen LogP contribution in [0.3, 0.4) is 0 Å². The van der Waals surface area contributed by atoms with Gasteiger partial charge in [0, 0.05) is 19.0 Å². The minimum absolute atomic E-state index is 0.127. The molecule has 0 spiro atoms. The number of rotatable bonds is 4. The van der Waals surface area contributed by atoms with E-state index < -0.39 is 23.9 Å². The Balaban J connectivity index is 1.71. The van der Waals surface area contributed by atoms with E-state index in [9.17, 15) is 14.7 Å². The van der Waals surface area contributed by atoms with Gasteiger partial charge in [0.2, 0.25) is 0 Å². The van der Waals surface area contributed by atoms with Crippen molar-refractivity contribution in [3.8, 4) is 0 Å². The molecular weight excluding hydrogens is 336 g/mol. The predicted molar refractivity (Wildman–Crippen MR) is 96.6 cm³/mol. The number of aliphatic hydroxyl groups is 1. The lowest BCUT2D eigenvalue weighted by Gasteiger charge is -2.36. The molecule has 1 saturated heterocycles. The number of nitrogens with zero attached hydrogens (tertiary/aromatic N) is 1. The fourth-order valence-electron chi connectivity index (χ4n) is 2.70. The number of hydrogen-bond donors (Lipinski definition) is 2. The highest BCUT2D eigenvalue weighted by Crippen LogP contribution is 2.20. The van der Waals surface area contributed by atoms with E-state index in [4.69, 9.17) is 9.47 Å². The maximum atomic E-state index is 12.1. The standard InChI is InChI=1S/C19H28N2O5/c1-19(2,3)26-18(24)21-10-9-15(16(22)12-21)11-20-17(23)25-13-14-7-5-4-6-8-14/h4-8,15-16,22H,9-13H2,1-3H3,(H,20,23). The van der Waals surface area contributed by atoms with Crippen LogP contribution in [0.25, 0.3) is 0 Å². The molecule has 2 rings (SSSR count). The van der Waals surface area contributed by atoms with Crippen molar-refractivity contribution < 1.29 is 24.2 Å². The zero-order valence-electron chi connectivity index (χ0n) is 15.6. The molecule has 7 nitrogen and oxygen atoms in total. The highest BCUT2D eigenvalue weighted by Gasteiger charge is 2.32. The number of likely N-dealkylation sites (tertiary alicyclic amines) is 1. The molecule has 0 aliphatic carbocycles. The van der Waals surface area contributed by atoms with Gasteiger partial charge in [0.25, 0.3) is 0 Å². The molecule has 0 aromatic heterocycles. The van der Waals surface area contributed by atoms with Gasteiger partial charge in [-0.15, -0.1) is 0 Å². The maximum absolute atomic E-state index is 12.1. The summed E-state index contributed by atoms with van der Waals surface area (Å²) in [7, 11) is 0. The van der Waals surface area contributed by atoms with Crippen molar-refractivity contribution in [1.82, 2.24) is 10.2 Å². The Kier molecular flexibility index (Phi) is 6.85. The maximum Gasteiger partial charge on any atom is 0.410 e. The number of piperidine rings is 1. The highest BCUT2D eigenvalue weighted by molar-refractivity contribution is 5.68. The van der Waals surface area contributed by atoms with E-state index in [0.717, 1.165) is 5.56 Å². The number of aliphatic hydroxyl groups excluding tert-OH is 1. The molecule has 1 heterocycles. The fraction of sp³-hybridized carbons (Fsp3) is 0.579. The van der Waals surface area contributed by atoms with Gasteiger partial charge in [0.15, 0.2) is 0 Å². The number of carbonyl (C=O) groups is 2. The van der Waals surface area contributed by atoms with Gasteiger partial charge in [0.05, 0.1) is 12.6 Å². The topological polar surface area (TPSA) is 88.1 Å². The molecular formula is C19H28N2O5. The Hall–Kier alpha value is -2.28. The molecule has 144 valence electrons. The quantitative estimate of drug-likeness (QED) is 0.857. The number of ether oxygens (including phenoxy) is 2. The number of alkyl carbamates (subject to hydrolysis) is 1. The Labute approximate surface area is 154 Å². The van der Waals surface area contributed by atoms with E-state index in [1.807, 2.05) is 30.3 Å². The zero-order chi connectivity index (χ0) is 19.2. The second kappa shape index (κ2) is 8.89. The summed E-state index contributed by atoms with van der Waals surface area (Å²) < 4.78 is 10.5. The molecule has 2 unspecified atom stereocenters. The zero-order valence-corrected chi connectivity index (χ0v) is 15.6. The summed E-state index contributed by atoms with van der Waals surface area (Å²) >= 11 is 0. The first kappa shape index (κ1) is 20.0. The summed E-state index contributed by atoms with van der Waals surface area (Å²) in [5.41, 5.74) is 0.344. The Morgan fingerprint density at radius 2 is 1.96 bits per heavy atom. The van der Waals surface area contributed by atoms with E-state index in [2.05, 4.69) is 5.32 Å². The van der Waals surface area contributed by atoms with Gasteiger partial charge in [-0.25, -0.2) is 9.59 Å². The fourth-order valence-corrected chi connectivity index (χ4v) is 2.70. The summed E-state index contributed by atoms with van der Waals surface area (Å²) in [5.74, 6) is -0.127. The monoisotopic (exact) mass is 364 g/mol. The smallest absolute Gasteiger partial charge is 0.410 e. The van der Waals surface area contributed by atoms with Gasteiger partial charge in [-0.05, 0) is 32.8 Å². The van der Waals surface area contributed by atoms with Crippen molar-refractivity contribution in [1.29, 1.82) is 0 Å². The van der Waals surface area contributed by atoms with Crippen LogP contribution in [-0.2, 0) is 16.1 Å². The second-order valence-electron chi connectivity index (χ2n) is 7.49. The molecule has 7 heteroatoms.